The lowest BCUT2D eigenvalue weighted by atomic mass is 9.88. The number of alkyl halides is 4. The summed E-state index contributed by atoms with van der Waals surface area (Å²) in [5, 5.41) is 0.0469. The van der Waals surface area contributed by atoms with Crippen LogP contribution < -0.4 is 0 Å². The van der Waals surface area contributed by atoms with Gasteiger partial charge in [-0.3, -0.25) is 4.79 Å². The molecule has 0 N–H and O–H groups in total. The molecule has 7 heteroatoms. The predicted octanol–water partition coefficient (Wildman–Crippen LogP) is 6.95. The highest BCUT2D eigenvalue weighted by Crippen LogP contribution is 2.42. The van der Waals surface area contributed by atoms with Crippen LogP contribution in [0.25, 0.3) is 0 Å². The average Bonchev–Trinajstić information content (AvgIpc) is 3.01. The number of halogens is 4. The zero-order valence-electron chi connectivity index (χ0n) is 18.5. The Balaban J connectivity index is 1.78. The van der Waals surface area contributed by atoms with Crippen LogP contribution in [-0.2, 0) is 27.1 Å². The van der Waals surface area contributed by atoms with Gasteiger partial charge in [-0.1, -0.05) is 43.9 Å². The van der Waals surface area contributed by atoms with E-state index < -0.39 is 11.7 Å². The van der Waals surface area contributed by atoms with E-state index in [1.165, 1.54) is 6.07 Å². The molecular weight excluding hydrogens is 441 g/mol. The van der Waals surface area contributed by atoms with Gasteiger partial charge in [0.1, 0.15) is 6.61 Å². The standard InChI is InChI=1S/C25H32ClF3O3/c1-3-13-32-24(30)12-7-5-4-6-11-21-22(18(2)14-23(21)26)17-31-16-19-9-8-10-20(15-19)25(27,28)29/h3-4,6,8-10,15,18,21-23H,1,5,7,11-14,16-17H2,2H3/b6-4-/t18-,21-,22+,23-/m1/s1. The lowest BCUT2D eigenvalue weighted by Gasteiger charge is -2.23. The van der Waals surface area contributed by atoms with Crippen molar-refractivity contribution in [3.05, 3.63) is 60.2 Å². The number of esters is 1. The number of hydrogen-bond acceptors (Lipinski definition) is 3. The third kappa shape index (κ3) is 8.62. The van der Waals surface area contributed by atoms with E-state index in [-0.39, 0.29) is 36.4 Å². The van der Waals surface area contributed by atoms with E-state index in [0.717, 1.165) is 37.8 Å². The van der Waals surface area contributed by atoms with Crippen molar-refractivity contribution in [2.75, 3.05) is 13.2 Å². The quantitative estimate of drug-likeness (QED) is 0.143. The normalized spacial score (nSPS) is 23.5. The molecule has 0 aromatic heterocycles. The number of allylic oxidation sites excluding steroid dienone is 2. The Hall–Kier alpha value is -1.79. The minimum atomic E-state index is -4.36. The number of ether oxygens (including phenoxy) is 2. The van der Waals surface area contributed by atoms with Gasteiger partial charge in [-0.15, -0.1) is 11.6 Å². The second-order valence-electron chi connectivity index (χ2n) is 8.34. The maximum atomic E-state index is 12.9. The molecule has 2 rings (SSSR count). The Morgan fingerprint density at radius 2 is 2.06 bits per heavy atom. The van der Waals surface area contributed by atoms with Crippen molar-refractivity contribution in [3.63, 3.8) is 0 Å². The van der Waals surface area contributed by atoms with Gasteiger partial charge in [0.25, 0.3) is 0 Å². The van der Waals surface area contributed by atoms with Crippen LogP contribution in [0.3, 0.4) is 0 Å². The van der Waals surface area contributed by atoms with Crippen molar-refractivity contribution in [1.29, 1.82) is 0 Å². The second-order valence-corrected chi connectivity index (χ2v) is 8.90. The lowest BCUT2D eigenvalue weighted by Crippen LogP contribution is -2.22. The minimum absolute atomic E-state index is 0.0469. The van der Waals surface area contributed by atoms with Gasteiger partial charge in [-0.25, -0.2) is 0 Å². The fourth-order valence-corrected chi connectivity index (χ4v) is 4.69. The second kappa shape index (κ2) is 13.0. The summed E-state index contributed by atoms with van der Waals surface area (Å²) in [4.78, 5) is 11.5. The minimum Gasteiger partial charge on any atom is -0.461 e. The Labute approximate surface area is 193 Å². The highest BCUT2D eigenvalue weighted by Gasteiger charge is 2.39. The molecule has 0 spiro atoms. The Morgan fingerprint density at radius 1 is 1.28 bits per heavy atom. The van der Waals surface area contributed by atoms with Crippen molar-refractivity contribution < 1.29 is 27.4 Å². The molecule has 1 aromatic carbocycles. The van der Waals surface area contributed by atoms with Gasteiger partial charge in [-0.05, 0) is 61.1 Å². The molecule has 1 aliphatic carbocycles. The van der Waals surface area contributed by atoms with Gasteiger partial charge < -0.3 is 9.47 Å². The predicted molar refractivity (Wildman–Crippen MR) is 120 cm³/mol. The zero-order chi connectivity index (χ0) is 23.6. The summed E-state index contributed by atoms with van der Waals surface area (Å²) >= 11 is 6.58. The molecule has 1 saturated carbocycles. The van der Waals surface area contributed by atoms with E-state index in [1.807, 2.05) is 0 Å². The summed E-state index contributed by atoms with van der Waals surface area (Å²) in [6.45, 7) is 6.50. The van der Waals surface area contributed by atoms with Gasteiger partial charge in [-0.2, -0.15) is 13.2 Å². The molecular formula is C25H32ClF3O3. The SMILES string of the molecule is C=CCOC(=O)CCC/C=C\C[C@@H]1[C@@H](COCc2cccc(C(F)(F)F)c2)[C@H](C)C[C@H]1Cl. The number of carbonyl (C=O) groups excluding carboxylic acids is 1. The van der Waals surface area contributed by atoms with Crippen LogP contribution >= 0.6 is 11.6 Å². The molecule has 4 atom stereocenters. The van der Waals surface area contributed by atoms with Crippen LogP contribution in [0.2, 0.25) is 0 Å². The summed E-state index contributed by atoms with van der Waals surface area (Å²) in [5.74, 6) is 0.669. The third-order valence-corrected chi connectivity index (χ3v) is 6.37. The first-order chi connectivity index (χ1) is 15.2. The first-order valence-electron chi connectivity index (χ1n) is 11.0. The molecule has 0 saturated heterocycles. The summed E-state index contributed by atoms with van der Waals surface area (Å²) < 4.78 is 49.4. The molecule has 0 radical (unpaired) electrons. The highest BCUT2D eigenvalue weighted by molar-refractivity contribution is 6.21. The van der Waals surface area contributed by atoms with E-state index in [4.69, 9.17) is 21.1 Å². The van der Waals surface area contributed by atoms with E-state index in [1.54, 1.807) is 12.1 Å². The largest absolute Gasteiger partial charge is 0.461 e. The number of hydrogen-bond donors (Lipinski definition) is 0. The molecule has 0 heterocycles. The van der Waals surface area contributed by atoms with Crippen molar-refractivity contribution >= 4 is 17.6 Å². The van der Waals surface area contributed by atoms with Crippen molar-refractivity contribution in [1.82, 2.24) is 0 Å². The number of carbonyl (C=O) groups is 1. The van der Waals surface area contributed by atoms with Crippen LogP contribution in [0.15, 0.2) is 49.1 Å². The molecule has 1 aliphatic rings. The van der Waals surface area contributed by atoms with E-state index in [9.17, 15) is 18.0 Å². The van der Waals surface area contributed by atoms with Crippen LogP contribution in [-0.4, -0.2) is 24.6 Å². The Bertz CT molecular complexity index is 763. The maximum Gasteiger partial charge on any atom is 0.416 e. The fourth-order valence-electron chi connectivity index (χ4n) is 4.12. The summed E-state index contributed by atoms with van der Waals surface area (Å²) in [5.41, 5.74) is -0.151. The van der Waals surface area contributed by atoms with Gasteiger partial charge in [0.05, 0.1) is 18.8 Å². The molecule has 1 aromatic rings. The van der Waals surface area contributed by atoms with Gasteiger partial charge in [0.2, 0.25) is 0 Å². The van der Waals surface area contributed by atoms with Crippen molar-refractivity contribution in [3.8, 4) is 0 Å². The van der Waals surface area contributed by atoms with E-state index in [0.29, 0.717) is 24.5 Å². The smallest absolute Gasteiger partial charge is 0.416 e. The molecule has 0 aliphatic heterocycles. The maximum absolute atomic E-state index is 12.9. The fraction of sp³-hybridized carbons (Fsp3) is 0.560. The lowest BCUT2D eigenvalue weighted by molar-refractivity contribution is -0.142. The average molecular weight is 473 g/mol. The van der Waals surface area contributed by atoms with Crippen LogP contribution in [0.5, 0.6) is 0 Å². The van der Waals surface area contributed by atoms with Crippen molar-refractivity contribution in [2.45, 2.75) is 57.2 Å². The van der Waals surface area contributed by atoms with Crippen LogP contribution in [0.4, 0.5) is 13.2 Å². The molecule has 178 valence electrons. The highest BCUT2D eigenvalue weighted by atomic mass is 35.5. The Kier molecular flexibility index (Phi) is 10.8. The first-order valence-corrected chi connectivity index (χ1v) is 11.5. The summed E-state index contributed by atoms with van der Waals surface area (Å²) in [6.07, 6.45) is 4.96. The number of rotatable bonds is 12. The topological polar surface area (TPSA) is 35.5 Å². The third-order valence-electron chi connectivity index (χ3n) is 5.86. The van der Waals surface area contributed by atoms with Gasteiger partial charge in [0, 0.05) is 11.8 Å². The van der Waals surface area contributed by atoms with Crippen LogP contribution in [0.1, 0.15) is 50.2 Å². The molecule has 1 fully saturated rings. The molecule has 32 heavy (non-hydrogen) atoms. The monoisotopic (exact) mass is 472 g/mol. The van der Waals surface area contributed by atoms with Gasteiger partial charge in [0.15, 0.2) is 0 Å². The molecule has 0 unspecified atom stereocenters. The Morgan fingerprint density at radius 3 is 2.78 bits per heavy atom. The summed E-state index contributed by atoms with van der Waals surface area (Å²) in [7, 11) is 0. The number of unbranched alkanes of at least 4 members (excludes halogenated alkanes) is 1. The van der Waals surface area contributed by atoms with E-state index in [2.05, 4.69) is 25.7 Å². The molecule has 0 bridgehead atoms. The van der Waals surface area contributed by atoms with Crippen LogP contribution in [0, 0.1) is 17.8 Å². The van der Waals surface area contributed by atoms with Crippen molar-refractivity contribution in [2.24, 2.45) is 17.8 Å². The van der Waals surface area contributed by atoms with Gasteiger partial charge >= 0.3 is 12.1 Å². The summed E-state index contributed by atoms with van der Waals surface area (Å²) in [6, 6.07) is 5.25. The first kappa shape index (κ1) is 26.5. The molecule has 3 nitrogen and oxygen atoms in total. The zero-order valence-corrected chi connectivity index (χ0v) is 19.2. The van der Waals surface area contributed by atoms with E-state index >= 15 is 0 Å². The molecule has 0 amide bonds. The number of benzene rings is 1.